The molecule has 7 heteroatoms. The van der Waals surface area contributed by atoms with Gasteiger partial charge in [-0.05, 0) is 11.6 Å². The number of nitrogens with one attached hydrogen (secondary N) is 1. The SMILES string of the molecule is O=C(O)C1(P(=O)(O)O)C=CC2=CCNC2=C1. The van der Waals surface area contributed by atoms with Gasteiger partial charge >= 0.3 is 13.6 Å². The van der Waals surface area contributed by atoms with Gasteiger partial charge in [0.15, 0.2) is 0 Å². The number of carboxylic acids is 1. The molecule has 1 heterocycles. The highest BCUT2D eigenvalue weighted by molar-refractivity contribution is 7.55. The molecule has 0 saturated heterocycles. The molecule has 86 valence electrons. The van der Waals surface area contributed by atoms with Crippen LogP contribution in [0.1, 0.15) is 0 Å². The molecule has 1 aliphatic heterocycles. The lowest BCUT2D eigenvalue weighted by Crippen LogP contribution is -2.37. The molecule has 0 aromatic heterocycles. The predicted octanol–water partition coefficient (Wildman–Crippen LogP) is -0.0292. The molecule has 0 spiro atoms. The largest absolute Gasteiger partial charge is 0.480 e. The minimum Gasteiger partial charge on any atom is -0.480 e. The monoisotopic (exact) mass is 243 g/mol. The van der Waals surface area contributed by atoms with E-state index >= 15 is 0 Å². The molecule has 1 aliphatic carbocycles. The summed E-state index contributed by atoms with van der Waals surface area (Å²) in [5.41, 5.74) is 1.21. The summed E-state index contributed by atoms with van der Waals surface area (Å²) in [4.78, 5) is 29.4. The Balaban J connectivity index is 2.57. The number of rotatable bonds is 2. The number of hydrogen-bond donors (Lipinski definition) is 4. The Morgan fingerprint density at radius 3 is 2.75 bits per heavy atom. The first-order valence-electron chi connectivity index (χ1n) is 4.52. The normalized spacial score (nSPS) is 27.9. The van der Waals surface area contributed by atoms with Crippen molar-refractivity contribution in [2.24, 2.45) is 0 Å². The summed E-state index contributed by atoms with van der Waals surface area (Å²) >= 11 is 0. The number of aliphatic carboxylic acids is 1. The Kier molecular flexibility index (Phi) is 2.31. The maximum atomic E-state index is 11.3. The van der Waals surface area contributed by atoms with Crippen molar-refractivity contribution < 1.29 is 24.3 Å². The van der Waals surface area contributed by atoms with Crippen LogP contribution < -0.4 is 5.32 Å². The Morgan fingerprint density at radius 1 is 1.50 bits per heavy atom. The molecule has 6 nitrogen and oxygen atoms in total. The van der Waals surface area contributed by atoms with Gasteiger partial charge in [-0.1, -0.05) is 18.2 Å². The highest BCUT2D eigenvalue weighted by Gasteiger charge is 2.52. The van der Waals surface area contributed by atoms with Gasteiger partial charge in [0.1, 0.15) is 0 Å². The van der Waals surface area contributed by atoms with Crippen molar-refractivity contribution in [3.05, 3.63) is 35.6 Å². The zero-order valence-electron chi connectivity index (χ0n) is 8.12. The lowest BCUT2D eigenvalue weighted by molar-refractivity contribution is -0.138. The van der Waals surface area contributed by atoms with Gasteiger partial charge in [0, 0.05) is 12.2 Å². The maximum absolute atomic E-state index is 11.3. The number of carbonyl (C=O) groups is 1. The molecule has 0 radical (unpaired) electrons. The van der Waals surface area contributed by atoms with E-state index < -0.39 is 18.7 Å². The fourth-order valence-corrected chi connectivity index (χ4v) is 2.51. The van der Waals surface area contributed by atoms with E-state index in [4.69, 9.17) is 5.11 Å². The molecule has 0 bridgehead atoms. The lowest BCUT2D eigenvalue weighted by Gasteiger charge is -2.27. The van der Waals surface area contributed by atoms with Gasteiger partial charge in [0.25, 0.3) is 0 Å². The highest BCUT2D eigenvalue weighted by Crippen LogP contribution is 2.54. The van der Waals surface area contributed by atoms with Gasteiger partial charge in [-0.2, -0.15) is 0 Å². The Morgan fingerprint density at radius 2 is 2.19 bits per heavy atom. The van der Waals surface area contributed by atoms with Crippen LogP contribution in [0.25, 0.3) is 0 Å². The number of carboxylic acid groups (broad SMARTS) is 1. The fraction of sp³-hybridized carbons (Fsp3) is 0.222. The molecular weight excluding hydrogens is 233 g/mol. The number of allylic oxidation sites excluding steroid dienone is 1. The first-order valence-corrected chi connectivity index (χ1v) is 6.13. The van der Waals surface area contributed by atoms with Gasteiger partial charge in [-0.15, -0.1) is 0 Å². The van der Waals surface area contributed by atoms with Crippen LogP contribution in [-0.2, 0) is 9.36 Å². The molecule has 0 fully saturated rings. The van der Waals surface area contributed by atoms with Crippen LogP contribution in [0.15, 0.2) is 35.6 Å². The van der Waals surface area contributed by atoms with E-state index in [1.165, 1.54) is 6.08 Å². The van der Waals surface area contributed by atoms with Crippen molar-refractivity contribution in [2.75, 3.05) is 6.54 Å². The highest BCUT2D eigenvalue weighted by atomic mass is 31.2. The topological polar surface area (TPSA) is 107 Å². The summed E-state index contributed by atoms with van der Waals surface area (Å²) in [6, 6.07) is 0. The standard InChI is InChI=1S/C9H10NO5P/c11-8(12)9(16(13,14)15)3-1-6-2-4-10-7(6)5-9/h1-3,5,10H,4H2,(H,11,12)(H2,13,14,15). The molecule has 0 amide bonds. The van der Waals surface area contributed by atoms with Gasteiger partial charge in [-0.25, -0.2) is 0 Å². The number of hydrogen-bond acceptors (Lipinski definition) is 3. The van der Waals surface area contributed by atoms with Crippen molar-refractivity contribution in [3.8, 4) is 0 Å². The summed E-state index contributed by atoms with van der Waals surface area (Å²) in [5.74, 6) is -1.56. The molecule has 16 heavy (non-hydrogen) atoms. The van der Waals surface area contributed by atoms with E-state index in [1.807, 2.05) is 6.08 Å². The second-order valence-corrected chi connectivity index (χ2v) is 5.43. The fourth-order valence-electron chi connectivity index (χ4n) is 1.70. The molecular formula is C9H10NO5P. The third kappa shape index (κ3) is 1.43. The van der Waals surface area contributed by atoms with E-state index in [0.29, 0.717) is 12.2 Å². The molecule has 2 rings (SSSR count). The average Bonchev–Trinajstić information content (AvgIpc) is 2.61. The molecule has 0 aromatic carbocycles. The second kappa shape index (κ2) is 3.31. The Hall–Kier alpha value is -1.36. The summed E-state index contributed by atoms with van der Waals surface area (Å²) in [7, 11) is -4.81. The van der Waals surface area contributed by atoms with Gasteiger partial charge in [0.2, 0.25) is 5.16 Å². The van der Waals surface area contributed by atoms with Crippen LogP contribution in [0.5, 0.6) is 0 Å². The second-order valence-electron chi connectivity index (χ2n) is 3.61. The van der Waals surface area contributed by atoms with Crippen molar-refractivity contribution in [3.63, 3.8) is 0 Å². The van der Waals surface area contributed by atoms with Gasteiger partial charge in [-0.3, -0.25) is 9.36 Å². The van der Waals surface area contributed by atoms with Crippen molar-refractivity contribution in [1.82, 2.24) is 5.32 Å². The third-order valence-corrected chi connectivity index (χ3v) is 4.06. The smallest absolute Gasteiger partial charge is 0.350 e. The quantitative estimate of drug-likeness (QED) is 0.507. The van der Waals surface area contributed by atoms with Crippen LogP contribution >= 0.6 is 7.60 Å². The van der Waals surface area contributed by atoms with Crippen LogP contribution in [0.4, 0.5) is 0 Å². The Labute approximate surface area is 91.1 Å². The lowest BCUT2D eigenvalue weighted by atomic mass is 9.97. The summed E-state index contributed by atoms with van der Waals surface area (Å²) < 4.78 is 11.3. The Bertz CT molecular complexity index is 486. The van der Waals surface area contributed by atoms with Crippen LogP contribution in [0.2, 0.25) is 0 Å². The average molecular weight is 243 g/mol. The molecule has 4 N–H and O–H groups in total. The maximum Gasteiger partial charge on any atom is 0.350 e. The van der Waals surface area contributed by atoms with E-state index in [9.17, 15) is 19.1 Å². The molecule has 0 saturated carbocycles. The molecule has 1 unspecified atom stereocenters. The zero-order valence-corrected chi connectivity index (χ0v) is 9.02. The molecule has 2 aliphatic rings. The van der Waals surface area contributed by atoms with E-state index in [0.717, 1.165) is 17.7 Å². The molecule has 1 atom stereocenters. The van der Waals surface area contributed by atoms with E-state index in [2.05, 4.69) is 5.32 Å². The van der Waals surface area contributed by atoms with Crippen LogP contribution in [0.3, 0.4) is 0 Å². The minimum absolute atomic E-state index is 0.452. The first kappa shape index (κ1) is 11.1. The predicted molar refractivity (Wildman–Crippen MR) is 55.7 cm³/mol. The minimum atomic E-state index is -4.81. The third-order valence-electron chi connectivity index (χ3n) is 2.63. The van der Waals surface area contributed by atoms with E-state index in [1.54, 1.807) is 0 Å². The first-order chi connectivity index (χ1) is 7.37. The van der Waals surface area contributed by atoms with E-state index in [-0.39, 0.29) is 0 Å². The summed E-state index contributed by atoms with van der Waals surface area (Å²) in [5, 5.41) is 9.61. The zero-order chi connectivity index (χ0) is 12.0. The van der Waals surface area contributed by atoms with Crippen LogP contribution in [0, 0.1) is 0 Å². The van der Waals surface area contributed by atoms with Gasteiger partial charge in [0.05, 0.1) is 0 Å². The van der Waals surface area contributed by atoms with Crippen molar-refractivity contribution in [1.29, 1.82) is 0 Å². The van der Waals surface area contributed by atoms with Gasteiger partial charge < -0.3 is 20.2 Å². The molecule has 0 aromatic rings. The summed E-state index contributed by atoms with van der Waals surface area (Å²) in [6.45, 7) is 0.530. The summed E-state index contributed by atoms with van der Waals surface area (Å²) in [6.07, 6.45) is 5.35. The van der Waals surface area contributed by atoms with Crippen molar-refractivity contribution in [2.45, 2.75) is 5.16 Å². The van der Waals surface area contributed by atoms with Crippen LogP contribution in [-0.4, -0.2) is 32.6 Å². The van der Waals surface area contributed by atoms with Crippen molar-refractivity contribution >= 4 is 13.6 Å². The number of fused-ring (bicyclic) bond motifs is 1.